The zero-order valence-electron chi connectivity index (χ0n) is 27.3. The second-order valence-electron chi connectivity index (χ2n) is 13.4. The van der Waals surface area contributed by atoms with Crippen LogP contribution in [0.5, 0.6) is 5.75 Å². The number of piperidine rings is 1. The van der Waals surface area contributed by atoms with Crippen molar-refractivity contribution in [2.75, 3.05) is 18.5 Å². The molecule has 11 heteroatoms. The molecule has 2 aliphatic carbocycles. The van der Waals surface area contributed by atoms with Crippen molar-refractivity contribution >= 4 is 40.6 Å². The smallest absolute Gasteiger partial charge is 0.296 e. The van der Waals surface area contributed by atoms with Gasteiger partial charge in [0.1, 0.15) is 30.0 Å². The molecule has 0 bridgehead atoms. The molecule has 4 N–H and O–H groups in total. The molecule has 2 heterocycles. The molecular weight excluding hydrogens is 574 g/mol. The Labute approximate surface area is 265 Å². The van der Waals surface area contributed by atoms with E-state index < -0.39 is 41.1 Å². The molecule has 3 fully saturated rings. The number of hydrogen-bond donors (Lipinski definition) is 3. The Morgan fingerprint density at radius 1 is 1.20 bits per heavy atom. The number of nitrogens with two attached hydrogens (primary N) is 1. The van der Waals surface area contributed by atoms with Gasteiger partial charge in [0.15, 0.2) is 5.58 Å². The first-order chi connectivity index (χ1) is 21.4. The number of fused-ring (bicyclic) bond motifs is 2. The van der Waals surface area contributed by atoms with E-state index in [1.165, 1.54) is 6.42 Å². The van der Waals surface area contributed by atoms with Crippen LogP contribution in [-0.2, 0) is 19.2 Å². The largest absolute Gasteiger partial charge is 0.481 e. The molecular formula is C34H47N5O6. The second-order valence-corrected chi connectivity index (χ2v) is 13.4. The van der Waals surface area contributed by atoms with Crippen LogP contribution in [-0.4, -0.2) is 64.7 Å². The summed E-state index contributed by atoms with van der Waals surface area (Å²) >= 11 is 0. The maximum absolute atomic E-state index is 14.1. The van der Waals surface area contributed by atoms with Gasteiger partial charge in [-0.1, -0.05) is 66.2 Å². The number of ether oxygens (including phenoxy) is 1. The fraction of sp³-hybridized carbons (Fsp3) is 0.618. The van der Waals surface area contributed by atoms with Gasteiger partial charge in [-0.2, -0.15) is 4.98 Å². The van der Waals surface area contributed by atoms with Gasteiger partial charge in [-0.3, -0.25) is 19.2 Å². The molecule has 1 unspecified atom stereocenters. The highest BCUT2D eigenvalue weighted by atomic mass is 16.5. The van der Waals surface area contributed by atoms with Crippen LogP contribution in [0.2, 0.25) is 0 Å². The lowest BCUT2D eigenvalue weighted by atomic mass is 9.80. The first-order valence-corrected chi connectivity index (χ1v) is 16.0. The molecule has 5 rings (SSSR count). The zero-order valence-corrected chi connectivity index (χ0v) is 27.3. The van der Waals surface area contributed by atoms with Gasteiger partial charge in [0, 0.05) is 12.6 Å². The molecule has 1 saturated heterocycles. The predicted molar refractivity (Wildman–Crippen MR) is 171 cm³/mol. The number of hydrogen-bond acceptors (Lipinski definition) is 8. The van der Waals surface area contributed by atoms with E-state index in [9.17, 15) is 19.2 Å². The van der Waals surface area contributed by atoms with Crippen LogP contribution in [0.3, 0.4) is 0 Å². The number of primary amides is 1. The van der Waals surface area contributed by atoms with Crippen LogP contribution in [0, 0.1) is 35.0 Å². The number of Topliss-reactive ketones (excluding diaryl/α,β-unsaturated/α-hetero) is 1. The molecule has 2 saturated carbocycles. The summed E-state index contributed by atoms with van der Waals surface area (Å²) in [5.74, 6) is 4.21. The van der Waals surface area contributed by atoms with Crippen LogP contribution >= 0.6 is 0 Å². The van der Waals surface area contributed by atoms with Gasteiger partial charge in [0.2, 0.25) is 17.6 Å². The van der Waals surface area contributed by atoms with E-state index in [0.717, 1.165) is 25.7 Å². The number of benzene rings is 1. The van der Waals surface area contributed by atoms with Crippen molar-refractivity contribution in [3.05, 3.63) is 18.2 Å². The summed E-state index contributed by atoms with van der Waals surface area (Å²) in [7, 11) is 0. The second kappa shape index (κ2) is 14.4. The minimum absolute atomic E-state index is 0.0164. The topological polar surface area (TPSA) is 157 Å². The molecule has 11 nitrogen and oxygen atoms in total. The summed E-state index contributed by atoms with van der Waals surface area (Å²) in [4.78, 5) is 58.1. The standard InChI is InChI=1S/C31H39N5O6.C3H8/c1-5-6-12-41-19-10-11-23-21(15-19)34-30(42-23)35-26(31(2,3)4)29(40)36-16-18-14-20(18)24(36)28(39)33-22(25(37)27(32)38)13-17-8-7-9-17;1-3-2/h10-11,15,17-18,20,22,24,26H,7-9,12-14,16H2,1-4H3,(H2,32,38)(H,33,39)(H,34,35);3H2,1-2H3/t18-,20-,22?,24-,26+;/m0./s1. The third-order valence-corrected chi connectivity index (χ3v) is 8.60. The van der Waals surface area contributed by atoms with Crippen LogP contribution in [0.1, 0.15) is 80.1 Å². The Hall–Kier alpha value is -4.07. The fourth-order valence-electron chi connectivity index (χ4n) is 5.94. The monoisotopic (exact) mass is 621 g/mol. The van der Waals surface area contributed by atoms with E-state index in [2.05, 4.69) is 41.3 Å². The number of amides is 3. The summed E-state index contributed by atoms with van der Waals surface area (Å²) < 4.78 is 11.5. The van der Waals surface area contributed by atoms with E-state index >= 15 is 0 Å². The highest BCUT2D eigenvalue weighted by molar-refractivity contribution is 6.37. The van der Waals surface area contributed by atoms with Crippen molar-refractivity contribution < 1.29 is 28.3 Å². The van der Waals surface area contributed by atoms with Crippen LogP contribution in [0.15, 0.2) is 22.6 Å². The number of nitrogens with zero attached hydrogens (tertiary/aromatic N) is 2. The highest BCUT2D eigenvalue weighted by Crippen LogP contribution is 2.50. The molecule has 3 amide bonds. The lowest BCUT2D eigenvalue weighted by molar-refractivity contribution is -0.143. The first kappa shape index (κ1) is 33.8. The van der Waals surface area contributed by atoms with E-state index in [1.54, 1.807) is 30.0 Å². The van der Waals surface area contributed by atoms with Gasteiger partial charge in [-0.05, 0) is 55.1 Å². The van der Waals surface area contributed by atoms with Gasteiger partial charge in [-0.15, -0.1) is 5.92 Å². The molecule has 244 valence electrons. The summed E-state index contributed by atoms with van der Waals surface area (Å²) in [6, 6.07) is 2.98. The average Bonchev–Trinajstić information content (AvgIpc) is 3.42. The number of likely N-dealkylation sites (tertiary alicyclic amines) is 1. The lowest BCUT2D eigenvalue weighted by Gasteiger charge is -2.36. The number of rotatable bonds is 11. The van der Waals surface area contributed by atoms with Crippen molar-refractivity contribution in [2.45, 2.75) is 98.2 Å². The van der Waals surface area contributed by atoms with E-state index in [-0.39, 0.29) is 36.3 Å². The van der Waals surface area contributed by atoms with Crippen molar-refractivity contribution in [3.63, 3.8) is 0 Å². The number of oxazole rings is 1. The quantitative estimate of drug-likeness (QED) is 0.251. The SMILES string of the molecule is CC#CCOc1ccc2oc(N[C@H](C(=O)N3C[C@@H]4C[C@@H]4[C@H]3C(=O)NC(CC3CCC3)C(=O)C(N)=O)C(C)(C)C)nc2c1.CCC. The first-order valence-electron chi connectivity index (χ1n) is 16.0. The Bertz CT molecular complexity index is 1460. The molecule has 1 aromatic carbocycles. The summed E-state index contributed by atoms with van der Waals surface area (Å²) in [5, 5.41) is 5.98. The number of anilines is 1. The summed E-state index contributed by atoms with van der Waals surface area (Å²) in [5.41, 5.74) is 5.83. The molecule has 1 aliphatic heterocycles. The van der Waals surface area contributed by atoms with Crippen molar-refractivity contribution in [2.24, 2.45) is 28.9 Å². The third-order valence-electron chi connectivity index (χ3n) is 8.60. The average molecular weight is 622 g/mol. The minimum atomic E-state index is -1.06. The number of ketones is 1. The molecule has 45 heavy (non-hydrogen) atoms. The normalized spacial score (nSPS) is 21.6. The highest BCUT2D eigenvalue weighted by Gasteiger charge is 2.58. The van der Waals surface area contributed by atoms with E-state index in [4.69, 9.17) is 14.9 Å². The zero-order chi connectivity index (χ0) is 32.9. The molecule has 3 aliphatic rings. The van der Waals surface area contributed by atoms with Gasteiger partial charge < -0.3 is 30.4 Å². The summed E-state index contributed by atoms with van der Waals surface area (Å²) in [6.07, 6.45) is 5.44. The summed E-state index contributed by atoms with van der Waals surface area (Å²) in [6.45, 7) is 12.5. The Morgan fingerprint density at radius 2 is 1.91 bits per heavy atom. The Kier molecular flexibility index (Phi) is 10.8. The predicted octanol–water partition coefficient (Wildman–Crippen LogP) is 4.05. The van der Waals surface area contributed by atoms with Crippen LogP contribution in [0.25, 0.3) is 11.1 Å². The molecule has 0 radical (unpaired) electrons. The Morgan fingerprint density at radius 3 is 2.51 bits per heavy atom. The van der Waals surface area contributed by atoms with E-state index in [0.29, 0.717) is 29.8 Å². The molecule has 0 spiro atoms. The minimum Gasteiger partial charge on any atom is -0.481 e. The number of nitrogens with one attached hydrogen (secondary N) is 2. The Balaban J connectivity index is 0.00000148. The van der Waals surface area contributed by atoms with Gasteiger partial charge in [0.25, 0.3) is 11.9 Å². The third kappa shape index (κ3) is 8.16. The lowest BCUT2D eigenvalue weighted by Crippen LogP contribution is -2.58. The van der Waals surface area contributed by atoms with Gasteiger partial charge >= 0.3 is 0 Å². The molecule has 1 aromatic heterocycles. The van der Waals surface area contributed by atoms with Crippen molar-refractivity contribution in [1.82, 2.24) is 15.2 Å². The maximum atomic E-state index is 14.1. The number of aromatic nitrogens is 1. The number of carbonyl (C=O) groups is 4. The van der Waals surface area contributed by atoms with Crippen molar-refractivity contribution in [1.29, 1.82) is 0 Å². The van der Waals surface area contributed by atoms with Crippen LogP contribution < -0.4 is 21.1 Å². The number of carbonyl (C=O) groups excluding carboxylic acids is 4. The van der Waals surface area contributed by atoms with Crippen molar-refractivity contribution in [3.8, 4) is 17.6 Å². The van der Waals surface area contributed by atoms with Crippen LogP contribution in [0.4, 0.5) is 6.01 Å². The maximum Gasteiger partial charge on any atom is 0.296 e. The van der Waals surface area contributed by atoms with Gasteiger partial charge in [0.05, 0.1) is 6.04 Å². The van der Waals surface area contributed by atoms with E-state index in [1.807, 2.05) is 20.8 Å². The molecule has 5 atom stereocenters. The fourth-order valence-corrected chi connectivity index (χ4v) is 5.94. The van der Waals surface area contributed by atoms with Gasteiger partial charge in [-0.25, -0.2) is 0 Å². The molecule has 2 aromatic rings.